The average molecular weight is 335 g/mol. The monoisotopic (exact) mass is 335 g/mol. The van der Waals surface area contributed by atoms with Crippen LogP contribution in [0.2, 0.25) is 0 Å². The van der Waals surface area contributed by atoms with E-state index in [1.807, 2.05) is 0 Å². The van der Waals surface area contributed by atoms with Crippen molar-refractivity contribution in [1.82, 2.24) is 4.98 Å². The summed E-state index contributed by atoms with van der Waals surface area (Å²) in [6.07, 6.45) is 0.849. The summed E-state index contributed by atoms with van der Waals surface area (Å²) in [5.74, 6) is -0.687. The molecule has 9 heteroatoms. The van der Waals surface area contributed by atoms with Crippen LogP contribution < -0.4 is 21.3 Å². The molecule has 3 atom stereocenters. The number of pyridine rings is 1. The molecule has 1 amide bonds. The topological polar surface area (TPSA) is 146 Å². The Morgan fingerprint density at radius 3 is 2.62 bits per heavy atom. The number of aromatic nitrogens is 1. The first-order valence-corrected chi connectivity index (χ1v) is 7.90. The summed E-state index contributed by atoms with van der Waals surface area (Å²) >= 11 is 0. The molecule has 0 aromatic carbocycles. The van der Waals surface area contributed by atoms with Crippen LogP contribution in [-0.4, -0.2) is 58.4 Å². The molecule has 3 rings (SSSR count). The predicted molar refractivity (Wildman–Crippen MR) is 87.6 cm³/mol. The average Bonchev–Trinajstić information content (AvgIpc) is 3.14. The SMILES string of the molecule is NC(=O)C1CCCN1c1nc(N2CCC(O)C2C(=O)O)ccc1N. The second-order valence-corrected chi connectivity index (χ2v) is 6.17. The molecule has 0 saturated carbocycles. The van der Waals surface area contributed by atoms with E-state index in [1.54, 1.807) is 21.9 Å². The lowest BCUT2D eigenvalue weighted by Crippen LogP contribution is -2.43. The summed E-state index contributed by atoms with van der Waals surface area (Å²) in [5, 5.41) is 19.2. The third kappa shape index (κ3) is 2.71. The molecule has 2 aliphatic rings. The zero-order valence-electron chi connectivity index (χ0n) is 13.1. The number of rotatable bonds is 4. The third-order valence-electron chi connectivity index (χ3n) is 4.66. The van der Waals surface area contributed by atoms with Gasteiger partial charge in [-0.25, -0.2) is 9.78 Å². The number of carboxylic acids is 1. The Bertz CT molecular complexity index is 667. The Morgan fingerprint density at radius 1 is 1.21 bits per heavy atom. The summed E-state index contributed by atoms with van der Waals surface area (Å²) in [7, 11) is 0. The van der Waals surface area contributed by atoms with Crippen LogP contribution in [0, 0.1) is 0 Å². The van der Waals surface area contributed by atoms with Crippen LogP contribution in [-0.2, 0) is 9.59 Å². The van der Waals surface area contributed by atoms with E-state index in [0.717, 1.165) is 6.42 Å². The molecule has 2 fully saturated rings. The van der Waals surface area contributed by atoms with Crippen molar-refractivity contribution in [2.45, 2.75) is 37.5 Å². The first kappa shape index (κ1) is 16.3. The molecule has 0 aliphatic carbocycles. The highest BCUT2D eigenvalue weighted by atomic mass is 16.4. The van der Waals surface area contributed by atoms with Gasteiger partial charge in [-0.3, -0.25) is 4.79 Å². The van der Waals surface area contributed by atoms with E-state index in [2.05, 4.69) is 4.98 Å². The van der Waals surface area contributed by atoms with Crippen LogP contribution in [0.1, 0.15) is 19.3 Å². The number of anilines is 3. The van der Waals surface area contributed by atoms with Gasteiger partial charge in [0.15, 0.2) is 11.9 Å². The highest BCUT2D eigenvalue weighted by Gasteiger charge is 2.40. The summed E-state index contributed by atoms with van der Waals surface area (Å²) in [6.45, 7) is 0.993. The highest BCUT2D eigenvalue weighted by Crippen LogP contribution is 2.33. The maximum Gasteiger partial charge on any atom is 0.329 e. The Hall–Kier alpha value is -2.55. The lowest BCUT2D eigenvalue weighted by Gasteiger charge is -2.28. The summed E-state index contributed by atoms with van der Waals surface area (Å²) in [5.41, 5.74) is 11.9. The molecule has 2 aliphatic heterocycles. The maximum atomic E-state index is 11.6. The van der Waals surface area contributed by atoms with Crippen molar-refractivity contribution >= 4 is 29.2 Å². The maximum absolute atomic E-state index is 11.6. The minimum absolute atomic E-state index is 0.353. The highest BCUT2D eigenvalue weighted by molar-refractivity contribution is 5.86. The second kappa shape index (κ2) is 6.16. The Balaban J connectivity index is 1.95. The molecule has 0 radical (unpaired) electrons. The molecule has 0 spiro atoms. The molecule has 6 N–H and O–H groups in total. The molecule has 24 heavy (non-hydrogen) atoms. The predicted octanol–water partition coefficient (Wildman–Crippen LogP) is -0.858. The number of aliphatic hydroxyl groups excluding tert-OH is 1. The van der Waals surface area contributed by atoms with Crippen LogP contribution in [0.4, 0.5) is 17.3 Å². The first-order chi connectivity index (χ1) is 11.4. The quantitative estimate of drug-likeness (QED) is 0.556. The summed E-state index contributed by atoms with van der Waals surface area (Å²) in [4.78, 5) is 30.8. The number of carbonyl (C=O) groups is 2. The van der Waals surface area contributed by atoms with Crippen LogP contribution in [0.5, 0.6) is 0 Å². The van der Waals surface area contributed by atoms with Crippen molar-refractivity contribution < 1.29 is 19.8 Å². The van der Waals surface area contributed by atoms with Gasteiger partial charge in [-0.05, 0) is 31.4 Å². The molecule has 3 unspecified atom stereocenters. The van der Waals surface area contributed by atoms with Crippen molar-refractivity contribution in [3.8, 4) is 0 Å². The van der Waals surface area contributed by atoms with Gasteiger partial charge < -0.3 is 31.5 Å². The fourth-order valence-corrected chi connectivity index (χ4v) is 3.49. The number of amides is 1. The minimum atomic E-state index is -1.10. The number of carbonyl (C=O) groups excluding carboxylic acids is 1. The number of nitrogens with zero attached hydrogens (tertiary/aromatic N) is 3. The van der Waals surface area contributed by atoms with E-state index >= 15 is 0 Å². The van der Waals surface area contributed by atoms with E-state index in [-0.39, 0.29) is 0 Å². The van der Waals surface area contributed by atoms with Crippen molar-refractivity contribution in [3.05, 3.63) is 12.1 Å². The standard InChI is InChI=1S/C15H21N5O4/c16-8-3-4-11(20-7-5-10(21)12(20)15(23)24)18-14(8)19-6-1-2-9(19)13(17)22/h3-4,9-10,12,21H,1-2,5-7,16H2,(H2,17,22)(H,23,24). The largest absolute Gasteiger partial charge is 0.480 e. The first-order valence-electron chi connectivity index (χ1n) is 7.90. The van der Waals surface area contributed by atoms with Gasteiger partial charge in [0.05, 0.1) is 11.8 Å². The van der Waals surface area contributed by atoms with Gasteiger partial charge in [0.2, 0.25) is 5.91 Å². The van der Waals surface area contributed by atoms with Gasteiger partial charge in [0, 0.05) is 13.1 Å². The molecule has 1 aromatic rings. The normalized spacial score (nSPS) is 26.8. The van der Waals surface area contributed by atoms with Gasteiger partial charge >= 0.3 is 5.97 Å². The number of aliphatic carboxylic acids is 1. The van der Waals surface area contributed by atoms with E-state index in [9.17, 15) is 19.8 Å². The fourth-order valence-electron chi connectivity index (χ4n) is 3.49. The summed E-state index contributed by atoms with van der Waals surface area (Å²) in [6, 6.07) is 1.76. The van der Waals surface area contributed by atoms with Crippen LogP contribution in [0.15, 0.2) is 12.1 Å². The minimum Gasteiger partial charge on any atom is -0.480 e. The van der Waals surface area contributed by atoms with Crippen LogP contribution in [0.3, 0.4) is 0 Å². The van der Waals surface area contributed by atoms with Crippen LogP contribution >= 0.6 is 0 Å². The van der Waals surface area contributed by atoms with Crippen molar-refractivity contribution in [3.63, 3.8) is 0 Å². The zero-order chi connectivity index (χ0) is 17.4. The van der Waals surface area contributed by atoms with E-state index in [4.69, 9.17) is 11.5 Å². The number of primary amides is 1. The molecule has 130 valence electrons. The zero-order valence-corrected chi connectivity index (χ0v) is 13.1. The number of carboxylic acid groups (broad SMARTS) is 1. The fraction of sp³-hybridized carbons (Fsp3) is 0.533. The Kier molecular flexibility index (Phi) is 4.18. The second-order valence-electron chi connectivity index (χ2n) is 6.17. The molecule has 2 saturated heterocycles. The number of nitrogen functional groups attached to an aromatic ring is 1. The lowest BCUT2D eigenvalue weighted by atomic mass is 10.2. The Labute approximate surface area is 138 Å². The van der Waals surface area contributed by atoms with Gasteiger partial charge in [0.25, 0.3) is 0 Å². The van der Waals surface area contributed by atoms with Gasteiger partial charge in [0.1, 0.15) is 11.9 Å². The van der Waals surface area contributed by atoms with Gasteiger partial charge in [-0.2, -0.15) is 0 Å². The molecule has 9 nitrogen and oxygen atoms in total. The summed E-state index contributed by atoms with van der Waals surface area (Å²) < 4.78 is 0. The molecular weight excluding hydrogens is 314 g/mol. The molecule has 1 aromatic heterocycles. The number of aliphatic hydroxyl groups is 1. The molecular formula is C15H21N5O4. The smallest absolute Gasteiger partial charge is 0.329 e. The molecule has 0 bridgehead atoms. The number of hydrogen-bond donors (Lipinski definition) is 4. The van der Waals surface area contributed by atoms with E-state index in [1.165, 1.54) is 0 Å². The van der Waals surface area contributed by atoms with E-state index < -0.39 is 30.1 Å². The van der Waals surface area contributed by atoms with E-state index in [0.29, 0.717) is 43.3 Å². The number of hydrogen-bond acceptors (Lipinski definition) is 7. The molecule has 3 heterocycles. The number of nitrogens with two attached hydrogens (primary N) is 2. The van der Waals surface area contributed by atoms with Crippen molar-refractivity contribution in [1.29, 1.82) is 0 Å². The van der Waals surface area contributed by atoms with Gasteiger partial charge in [-0.15, -0.1) is 0 Å². The lowest BCUT2D eigenvalue weighted by molar-refractivity contribution is -0.140. The van der Waals surface area contributed by atoms with Crippen LogP contribution in [0.25, 0.3) is 0 Å². The van der Waals surface area contributed by atoms with Gasteiger partial charge in [-0.1, -0.05) is 0 Å². The Morgan fingerprint density at radius 2 is 1.96 bits per heavy atom. The third-order valence-corrected chi connectivity index (χ3v) is 4.66. The van der Waals surface area contributed by atoms with Crippen molar-refractivity contribution in [2.24, 2.45) is 5.73 Å². The van der Waals surface area contributed by atoms with Crippen molar-refractivity contribution in [2.75, 3.05) is 28.6 Å².